The molecule has 0 aliphatic carbocycles. The van der Waals surface area contributed by atoms with Crippen molar-refractivity contribution in [1.82, 2.24) is 0 Å². The summed E-state index contributed by atoms with van der Waals surface area (Å²) in [5.41, 5.74) is 0. The molecule has 0 aromatic heterocycles. The summed E-state index contributed by atoms with van der Waals surface area (Å²) in [5.74, 6) is 0. The minimum absolute atomic E-state index is 0.319. The quantitative estimate of drug-likeness (QED) is 0.468. The topological polar surface area (TPSA) is 77.8 Å². The molecule has 0 amide bonds. The first-order valence-electron chi connectivity index (χ1n) is 2.11. The zero-order valence-electron chi connectivity index (χ0n) is 4.61. The Bertz CT molecular complexity index is 49.2. The molecule has 0 saturated carbocycles. The van der Waals surface area contributed by atoms with Crippen LogP contribution < -0.4 is 0 Å². The average Bonchev–Trinajstić information content (AvgIpc) is 1.65. The van der Waals surface area contributed by atoms with Crippen molar-refractivity contribution in [2.45, 2.75) is 13.3 Å². The predicted molar refractivity (Wildman–Crippen MR) is 22.5 cm³/mol. The molecular formula is C3H10O4V. The second-order valence-electron chi connectivity index (χ2n) is 0.976. The number of hydrogen-bond acceptors (Lipinski definition) is 2. The van der Waals surface area contributed by atoms with Crippen LogP contribution in [0.3, 0.4) is 0 Å². The first-order chi connectivity index (χ1) is 3.65. The molecule has 51 valence electrons. The average molecular weight is 161 g/mol. The zero-order valence-corrected chi connectivity index (χ0v) is 6.01. The van der Waals surface area contributed by atoms with Gasteiger partial charge in [0.1, 0.15) is 0 Å². The fraction of sp³-hybridized carbons (Fsp3) is 1.00. The number of aliphatic hydroxyl groups excluding tert-OH is 1. The molecule has 3 N–H and O–H groups in total. The fourth-order valence-corrected chi connectivity index (χ4v) is 0. The summed E-state index contributed by atoms with van der Waals surface area (Å²) in [6.45, 7) is 2.25. The van der Waals surface area contributed by atoms with Crippen LogP contribution in [-0.2, 0) is 19.5 Å². The molecule has 0 rings (SSSR count). The van der Waals surface area contributed by atoms with Crippen LogP contribution in [0.1, 0.15) is 13.3 Å². The van der Waals surface area contributed by atoms with E-state index in [-0.39, 0.29) is 0 Å². The van der Waals surface area contributed by atoms with Gasteiger partial charge < -0.3 is 5.11 Å². The van der Waals surface area contributed by atoms with E-state index in [1.165, 1.54) is 0 Å². The Hall–Kier alpha value is 0.264. The monoisotopic (exact) mass is 161 g/mol. The SMILES string of the molecule is CCCO.[O]=[V]([OH])[OH]. The van der Waals surface area contributed by atoms with Crippen molar-refractivity contribution >= 4 is 0 Å². The van der Waals surface area contributed by atoms with Crippen LogP contribution in [0.25, 0.3) is 0 Å². The van der Waals surface area contributed by atoms with Gasteiger partial charge in [-0.1, -0.05) is 6.92 Å². The molecular weight excluding hydrogens is 151 g/mol. The molecule has 0 fully saturated rings. The van der Waals surface area contributed by atoms with Crippen molar-refractivity contribution in [3.63, 3.8) is 0 Å². The number of rotatable bonds is 1. The summed E-state index contributed by atoms with van der Waals surface area (Å²) in [4.78, 5) is 0. The Balaban J connectivity index is 0. The summed E-state index contributed by atoms with van der Waals surface area (Å²) in [5, 5.41) is 7.88. The second kappa shape index (κ2) is 10.3. The van der Waals surface area contributed by atoms with E-state index in [0.29, 0.717) is 6.61 Å². The Morgan fingerprint density at radius 1 is 1.50 bits per heavy atom. The van der Waals surface area contributed by atoms with Gasteiger partial charge >= 0.3 is 27.5 Å². The third-order valence-electron chi connectivity index (χ3n) is 0.224. The van der Waals surface area contributed by atoms with Gasteiger partial charge in [0, 0.05) is 6.61 Å². The number of aliphatic hydroxyl groups is 1. The van der Waals surface area contributed by atoms with E-state index in [2.05, 4.69) is 0 Å². The summed E-state index contributed by atoms with van der Waals surface area (Å²) in [6.07, 6.45) is 0.875. The van der Waals surface area contributed by atoms with E-state index in [9.17, 15) is 0 Å². The van der Waals surface area contributed by atoms with Crippen LogP contribution in [0, 0.1) is 0 Å². The Morgan fingerprint density at radius 2 is 1.62 bits per heavy atom. The molecule has 0 aliphatic rings. The summed E-state index contributed by atoms with van der Waals surface area (Å²) < 4.78 is 23.2. The molecule has 8 heavy (non-hydrogen) atoms. The van der Waals surface area contributed by atoms with Gasteiger partial charge in [-0.15, -0.1) is 0 Å². The van der Waals surface area contributed by atoms with Crippen molar-refractivity contribution in [3.05, 3.63) is 0 Å². The van der Waals surface area contributed by atoms with E-state index in [1.807, 2.05) is 6.92 Å². The van der Waals surface area contributed by atoms with E-state index in [1.54, 1.807) is 0 Å². The van der Waals surface area contributed by atoms with Gasteiger partial charge in [-0.05, 0) is 6.42 Å². The van der Waals surface area contributed by atoms with E-state index >= 15 is 0 Å². The maximum atomic E-state index is 8.78. The van der Waals surface area contributed by atoms with Gasteiger partial charge in [0.15, 0.2) is 0 Å². The van der Waals surface area contributed by atoms with Crippen LogP contribution >= 0.6 is 0 Å². The maximum absolute atomic E-state index is 8.78. The molecule has 0 bridgehead atoms. The van der Waals surface area contributed by atoms with Crippen molar-refractivity contribution in [2.75, 3.05) is 6.61 Å². The van der Waals surface area contributed by atoms with Crippen LogP contribution in [0.2, 0.25) is 0 Å². The molecule has 0 heterocycles. The summed E-state index contributed by atoms with van der Waals surface area (Å²) >= 11 is -3.44. The predicted octanol–water partition coefficient (Wildman–Crippen LogP) is -0.847. The van der Waals surface area contributed by atoms with Crippen LogP contribution in [0.5, 0.6) is 0 Å². The first-order valence-corrected chi connectivity index (χ1v) is 3.93. The van der Waals surface area contributed by atoms with E-state index < -0.39 is 15.8 Å². The van der Waals surface area contributed by atoms with Crippen LogP contribution in [-0.4, -0.2) is 19.8 Å². The van der Waals surface area contributed by atoms with E-state index in [4.69, 9.17) is 16.8 Å². The summed E-state index contributed by atoms with van der Waals surface area (Å²) in [6, 6.07) is 0. The molecule has 0 saturated heterocycles. The number of hydrogen-bond donors (Lipinski definition) is 3. The van der Waals surface area contributed by atoms with Crippen molar-refractivity contribution in [1.29, 1.82) is 0 Å². The molecule has 0 atom stereocenters. The molecule has 0 unspecified atom stereocenters. The third kappa shape index (κ3) is 109. The molecule has 4 nitrogen and oxygen atoms in total. The first kappa shape index (κ1) is 11.1. The third-order valence-corrected chi connectivity index (χ3v) is 0.224. The molecule has 0 aliphatic heterocycles. The standard InChI is InChI=1S/C3H8O.2H2O.O.V/c1-2-3-4;;;;/h4H,2-3H2,1H3;2*1H2;;/q;;;;+2/p-2. The molecule has 5 heteroatoms. The fourth-order valence-electron chi connectivity index (χ4n) is 0. The van der Waals surface area contributed by atoms with Gasteiger partial charge in [0.05, 0.1) is 0 Å². The second-order valence-corrected chi connectivity index (χ2v) is 1.77. The van der Waals surface area contributed by atoms with Crippen molar-refractivity contribution in [2.24, 2.45) is 0 Å². The minimum atomic E-state index is -3.44. The van der Waals surface area contributed by atoms with Gasteiger partial charge in [-0.25, -0.2) is 0 Å². The molecule has 0 radical (unpaired) electrons. The Labute approximate surface area is 53.3 Å². The molecule has 0 spiro atoms. The molecule has 0 aromatic carbocycles. The Kier molecular flexibility index (Phi) is 14.3. The van der Waals surface area contributed by atoms with Crippen molar-refractivity contribution < 1.29 is 32.6 Å². The van der Waals surface area contributed by atoms with Gasteiger partial charge in [0.2, 0.25) is 0 Å². The van der Waals surface area contributed by atoms with Crippen molar-refractivity contribution in [3.8, 4) is 0 Å². The van der Waals surface area contributed by atoms with Gasteiger partial charge in [0.25, 0.3) is 0 Å². The molecule has 0 aromatic rings. The zero-order chi connectivity index (χ0) is 6.99. The van der Waals surface area contributed by atoms with Gasteiger partial charge in [-0.2, -0.15) is 0 Å². The van der Waals surface area contributed by atoms with Crippen LogP contribution in [0.15, 0.2) is 0 Å². The van der Waals surface area contributed by atoms with Crippen LogP contribution in [0.4, 0.5) is 0 Å². The normalized spacial score (nSPS) is 7.00. The van der Waals surface area contributed by atoms with Gasteiger partial charge in [-0.3, -0.25) is 0 Å². The summed E-state index contributed by atoms with van der Waals surface area (Å²) in [7, 11) is 0. The Morgan fingerprint density at radius 3 is 1.62 bits per heavy atom. The van der Waals surface area contributed by atoms with E-state index in [0.717, 1.165) is 6.42 Å².